The number of anilines is 2. The molecule has 0 aliphatic heterocycles. The summed E-state index contributed by atoms with van der Waals surface area (Å²) in [6.45, 7) is 4.55. The van der Waals surface area contributed by atoms with E-state index < -0.39 is 0 Å². The number of nitrogen functional groups attached to an aromatic ring is 1. The standard InChI is InChI=1S/C13H15N3OS2/c1-3-16-11(14)10(19-13(16)18)12(17)15-9-7-5-4-6-8(9)2/h4-7H,3,14H2,1-2H3,(H,15,17). The molecule has 0 saturated carbocycles. The van der Waals surface area contributed by atoms with Gasteiger partial charge in [-0.25, -0.2) is 0 Å². The van der Waals surface area contributed by atoms with E-state index in [0.29, 0.717) is 21.2 Å². The first-order chi connectivity index (χ1) is 9.04. The van der Waals surface area contributed by atoms with E-state index in [4.69, 9.17) is 18.0 Å². The van der Waals surface area contributed by atoms with Crippen molar-refractivity contribution >= 4 is 41.0 Å². The van der Waals surface area contributed by atoms with Crippen LogP contribution in [0.25, 0.3) is 0 Å². The monoisotopic (exact) mass is 293 g/mol. The van der Waals surface area contributed by atoms with Gasteiger partial charge in [-0.15, -0.1) is 0 Å². The van der Waals surface area contributed by atoms with Gasteiger partial charge in [-0.2, -0.15) is 0 Å². The number of benzene rings is 1. The van der Waals surface area contributed by atoms with Crippen molar-refractivity contribution in [3.05, 3.63) is 38.7 Å². The van der Waals surface area contributed by atoms with Crippen molar-refractivity contribution in [3.63, 3.8) is 0 Å². The minimum absolute atomic E-state index is 0.213. The molecule has 2 rings (SSSR count). The highest BCUT2D eigenvalue weighted by atomic mass is 32.1. The first kappa shape index (κ1) is 13.8. The number of para-hydroxylation sites is 1. The number of rotatable bonds is 3. The van der Waals surface area contributed by atoms with E-state index in [9.17, 15) is 4.79 Å². The molecule has 0 aliphatic rings. The SMILES string of the molecule is CCn1c(N)c(C(=O)Nc2ccccc2C)sc1=S. The molecule has 4 nitrogen and oxygen atoms in total. The molecule has 3 N–H and O–H groups in total. The van der Waals surface area contributed by atoms with Gasteiger partial charge in [0.25, 0.3) is 5.91 Å². The van der Waals surface area contributed by atoms with Gasteiger partial charge in [-0.3, -0.25) is 4.79 Å². The second-order valence-corrected chi connectivity index (χ2v) is 5.74. The molecule has 0 aliphatic carbocycles. The lowest BCUT2D eigenvalue weighted by molar-refractivity contribution is 0.103. The molecule has 19 heavy (non-hydrogen) atoms. The van der Waals surface area contributed by atoms with Gasteiger partial charge in [0.15, 0.2) is 3.95 Å². The molecule has 0 fully saturated rings. The Bertz CT molecular complexity index is 673. The van der Waals surface area contributed by atoms with E-state index in [0.717, 1.165) is 11.3 Å². The first-order valence-corrected chi connectivity index (χ1v) is 7.13. The van der Waals surface area contributed by atoms with Crippen LogP contribution in [0.5, 0.6) is 0 Å². The molecule has 0 bridgehead atoms. The van der Waals surface area contributed by atoms with Crippen molar-refractivity contribution in [2.75, 3.05) is 11.1 Å². The minimum atomic E-state index is -0.213. The third-order valence-electron chi connectivity index (χ3n) is 2.85. The van der Waals surface area contributed by atoms with E-state index in [-0.39, 0.29) is 5.91 Å². The zero-order valence-corrected chi connectivity index (χ0v) is 12.4. The summed E-state index contributed by atoms with van der Waals surface area (Å²) in [5.74, 6) is 0.221. The van der Waals surface area contributed by atoms with Gasteiger partial charge in [-0.05, 0) is 37.7 Å². The molecule has 100 valence electrons. The van der Waals surface area contributed by atoms with Crippen LogP contribution in [0.4, 0.5) is 11.5 Å². The Morgan fingerprint density at radius 1 is 1.47 bits per heavy atom. The smallest absolute Gasteiger partial charge is 0.269 e. The van der Waals surface area contributed by atoms with Gasteiger partial charge in [-0.1, -0.05) is 29.5 Å². The largest absolute Gasteiger partial charge is 0.384 e. The van der Waals surface area contributed by atoms with Crippen molar-refractivity contribution in [1.29, 1.82) is 0 Å². The Hall–Kier alpha value is -1.66. The Balaban J connectivity index is 2.31. The molecule has 1 aromatic heterocycles. The molecule has 1 heterocycles. The van der Waals surface area contributed by atoms with Crippen LogP contribution in [-0.4, -0.2) is 10.5 Å². The third-order valence-corrected chi connectivity index (χ3v) is 4.31. The van der Waals surface area contributed by atoms with Crippen molar-refractivity contribution in [2.24, 2.45) is 0 Å². The average Bonchev–Trinajstić information content (AvgIpc) is 2.67. The summed E-state index contributed by atoms with van der Waals surface area (Å²) in [4.78, 5) is 12.7. The summed E-state index contributed by atoms with van der Waals surface area (Å²) in [7, 11) is 0. The fraction of sp³-hybridized carbons (Fsp3) is 0.231. The minimum Gasteiger partial charge on any atom is -0.384 e. The number of nitrogens with zero attached hydrogens (tertiary/aromatic N) is 1. The number of thiazole rings is 1. The molecule has 1 aromatic carbocycles. The number of hydrogen-bond donors (Lipinski definition) is 2. The number of aromatic nitrogens is 1. The molecular formula is C13H15N3OS2. The van der Waals surface area contributed by atoms with Gasteiger partial charge in [0.05, 0.1) is 0 Å². The molecule has 0 unspecified atom stereocenters. The number of hydrogen-bond acceptors (Lipinski definition) is 4. The lowest BCUT2D eigenvalue weighted by Crippen LogP contribution is -2.14. The third kappa shape index (κ3) is 2.69. The van der Waals surface area contributed by atoms with E-state index in [1.165, 1.54) is 11.3 Å². The van der Waals surface area contributed by atoms with Crippen molar-refractivity contribution < 1.29 is 4.79 Å². The Morgan fingerprint density at radius 2 is 2.16 bits per heavy atom. The fourth-order valence-corrected chi connectivity index (χ4v) is 3.12. The average molecular weight is 293 g/mol. The number of nitrogens with two attached hydrogens (primary N) is 1. The first-order valence-electron chi connectivity index (χ1n) is 5.90. The molecule has 0 saturated heterocycles. The zero-order chi connectivity index (χ0) is 14.0. The maximum atomic E-state index is 12.2. The molecule has 1 amide bonds. The summed E-state index contributed by atoms with van der Waals surface area (Å²) >= 11 is 6.43. The van der Waals surface area contributed by atoms with Crippen LogP contribution in [0.1, 0.15) is 22.2 Å². The van der Waals surface area contributed by atoms with Crippen molar-refractivity contribution in [2.45, 2.75) is 20.4 Å². The fourth-order valence-electron chi connectivity index (χ4n) is 1.77. The summed E-state index contributed by atoms with van der Waals surface area (Å²) < 4.78 is 2.38. The lowest BCUT2D eigenvalue weighted by Gasteiger charge is -2.07. The van der Waals surface area contributed by atoms with Gasteiger partial charge in [0.1, 0.15) is 10.7 Å². The highest BCUT2D eigenvalue weighted by Crippen LogP contribution is 2.24. The van der Waals surface area contributed by atoms with Crippen LogP contribution in [0.2, 0.25) is 0 Å². The zero-order valence-electron chi connectivity index (χ0n) is 10.8. The number of amides is 1. The normalized spacial score (nSPS) is 10.4. The summed E-state index contributed by atoms with van der Waals surface area (Å²) in [6.07, 6.45) is 0. The second kappa shape index (κ2) is 5.54. The predicted octanol–water partition coefficient (Wildman–Crippen LogP) is 3.44. The van der Waals surface area contributed by atoms with E-state index in [1.54, 1.807) is 4.57 Å². The Morgan fingerprint density at radius 3 is 2.74 bits per heavy atom. The Kier molecular flexibility index (Phi) is 4.01. The number of carbonyl (C=O) groups excluding carboxylic acids is 1. The number of carbonyl (C=O) groups is 1. The lowest BCUT2D eigenvalue weighted by atomic mass is 10.2. The van der Waals surface area contributed by atoms with Gasteiger partial charge >= 0.3 is 0 Å². The maximum absolute atomic E-state index is 12.2. The Labute approximate surface area is 120 Å². The quantitative estimate of drug-likeness (QED) is 0.852. The van der Waals surface area contributed by atoms with E-state index >= 15 is 0 Å². The van der Waals surface area contributed by atoms with E-state index in [1.807, 2.05) is 38.1 Å². The topological polar surface area (TPSA) is 60.0 Å². The second-order valence-electron chi connectivity index (χ2n) is 4.10. The number of aryl methyl sites for hydroxylation is 1. The van der Waals surface area contributed by atoms with Gasteiger partial charge in [0, 0.05) is 12.2 Å². The van der Waals surface area contributed by atoms with Crippen LogP contribution in [-0.2, 0) is 6.54 Å². The van der Waals surface area contributed by atoms with Crippen LogP contribution in [0.3, 0.4) is 0 Å². The maximum Gasteiger partial charge on any atom is 0.269 e. The molecule has 0 spiro atoms. The van der Waals surface area contributed by atoms with E-state index in [2.05, 4.69) is 5.32 Å². The molecule has 2 aromatic rings. The highest BCUT2D eigenvalue weighted by molar-refractivity contribution is 7.73. The highest BCUT2D eigenvalue weighted by Gasteiger charge is 2.16. The summed E-state index contributed by atoms with van der Waals surface area (Å²) in [6, 6.07) is 7.61. The van der Waals surface area contributed by atoms with Crippen LogP contribution < -0.4 is 11.1 Å². The van der Waals surface area contributed by atoms with Crippen LogP contribution >= 0.6 is 23.6 Å². The molecular weight excluding hydrogens is 278 g/mol. The van der Waals surface area contributed by atoms with Gasteiger partial charge in [0.2, 0.25) is 0 Å². The van der Waals surface area contributed by atoms with Crippen molar-refractivity contribution in [1.82, 2.24) is 4.57 Å². The molecule has 0 atom stereocenters. The molecule has 0 radical (unpaired) electrons. The van der Waals surface area contributed by atoms with Crippen LogP contribution in [0.15, 0.2) is 24.3 Å². The van der Waals surface area contributed by atoms with Gasteiger partial charge < -0.3 is 15.6 Å². The predicted molar refractivity (Wildman–Crippen MR) is 82.4 cm³/mol. The molecule has 6 heteroatoms. The summed E-state index contributed by atoms with van der Waals surface area (Å²) in [5, 5.41) is 2.86. The van der Waals surface area contributed by atoms with Crippen molar-refractivity contribution in [3.8, 4) is 0 Å². The van der Waals surface area contributed by atoms with Crippen LogP contribution in [0, 0.1) is 10.9 Å². The number of nitrogens with one attached hydrogen (secondary N) is 1. The summed E-state index contributed by atoms with van der Waals surface area (Å²) in [5.41, 5.74) is 7.75.